The summed E-state index contributed by atoms with van der Waals surface area (Å²) in [5.74, 6) is 0. The maximum atomic E-state index is 5.79. The van der Waals surface area contributed by atoms with Gasteiger partial charge >= 0.3 is 0 Å². The summed E-state index contributed by atoms with van der Waals surface area (Å²) in [7, 11) is 4.06. The smallest absolute Gasteiger partial charge is 0.0724 e. The molecule has 0 saturated heterocycles. The van der Waals surface area contributed by atoms with Gasteiger partial charge in [-0.2, -0.15) is 0 Å². The van der Waals surface area contributed by atoms with Gasteiger partial charge in [-0.3, -0.25) is 0 Å². The van der Waals surface area contributed by atoms with Crippen LogP contribution in [0.3, 0.4) is 0 Å². The molecule has 4 nitrogen and oxygen atoms in total. The van der Waals surface area contributed by atoms with Crippen LogP contribution in [0.4, 0.5) is 11.4 Å². The normalized spacial score (nSPS) is 13.8. The highest BCUT2D eigenvalue weighted by atomic mass is 16.8. The molecule has 0 bridgehead atoms. The molecule has 0 spiro atoms. The van der Waals surface area contributed by atoms with Gasteiger partial charge < -0.3 is 4.90 Å². The summed E-state index contributed by atoms with van der Waals surface area (Å²) >= 11 is 0. The van der Waals surface area contributed by atoms with Crippen molar-refractivity contribution in [3.8, 4) is 0 Å². The Morgan fingerprint density at radius 2 is 1.62 bits per heavy atom. The second-order valence-electron chi connectivity index (χ2n) is 5.18. The van der Waals surface area contributed by atoms with E-state index in [9.17, 15) is 0 Å². The summed E-state index contributed by atoms with van der Waals surface area (Å²) in [6.45, 7) is 0.726. The zero-order valence-corrected chi connectivity index (χ0v) is 12.3. The minimum atomic E-state index is 0.726. The van der Waals surface area contributed by atoms with E-state index in [2.05, 4.69) is 29.2 Å². The first-order valence-corrected chi connectivity index (χ1v) is 6.96. The Morgan fingerprint density at radius 1 is 0.905 bits per heavy atom. The third kappa shape index (κ3) is 3.17. The lowest BCUT2D eigenvalue weighted by Crippen LogP contribution is -2.21. The van der Waals surface area contributed by atoms with E-state index in [4.69, 9.17) is 4.94 Å². The van der Waals surface area contributed by atoms with E-state index in [0.717, 1.165) is 12.2 Å². The summed E-state index contributed by atoms with van der Waals surface area (Å²) < 4.78 is 0. The van der Waals surface area contributed by atoms with Gasteiger partial charge in [-0.25, -0.2) is 10.1 Å². The Balaban J connectivity index is 1.63. The van der Waals surface area contributed by atoms with Crippen molar-refractivity contribution in [2.24, 2.45) is 0 Å². The van der Waals surface area contributed by atoms with Crippen LogP contribution in [-0.2, 0) is 11.5 Å². The molecule has 2 aromatic rings. The van der Waals surface area contributed by atoms with E-state index in [0.29, 0.717) is 0 Å². The molecule has 1 aliphatic rings. The van der Waals surface area contributed by atoms with Crippen molar-refractivity contribution in [2.45, 2.75) is 6.54 Å². The molecule has 0 atom stereocenters. The van der Waals surface area contributed by atoms with Crippen molar-refractivity contribution >= 4 is 11.4 Å². The van der Waals surface area contributed by atoms with Gasteiger partial charge in [0.1, 0.15) is 0 Å². The van der Waals surface area contributed by atoms with E-state index in [1.54, 1.807) is 5.06 Å². The molecule has 0 unspecified atom stereocenters. The van der Waals surface area contributed by atoms with Crippen molar-refractivity contribution in [1.82, 2.24) is 5.06 Å². The Labute approximate surface area is 125 Å². The average Bonchev–Trinajstić information content (AvgIpc) is 2.97. The predicted octanol–water partition coefficient (Wildman–Crippen LogP) is 3.39. The van der Waals surface area contributed by atoms with Gasteiger partial charge in [0.2, 0.25) is 0 Å². The zero-order chi connectivity index (χ0) is 14.7. The Kier molecular flexibility index (Phi) is 3.79. The lowest BCUT2D eigenvalue weighted by atomic mass is 10.2. The molecule has 0 fully saturated rings. The lowest BCUT2D eigenvalue weighted by molar-refractivity contribution is -0.112. The third-order valence-electron chi connectivity index (χ3n) is 3.36. The topological polar surface area (TPSA) is 19.0 Å². The quantitative estimate of drug-likeness (QED) is 0.855. The van der Waals surface area contributed by atoms with Crippen LogP contribution in [0.1, 0.15) is 5.56 Å². The van der Waals surface area contributed by atoms with Crippen molar-refractivity contribution in [1.29, 1.82) is 0 Å². The van der Waals surface area contributed by atoms with Gasteiger partial charge in [-0.1, -0.05) is 30.3 Å². The van der Waals surface area contributed by atoms with Crippen LogP contribution in [0.25, 0.3) is 0 Å². The minimum Gasteiger partial charge on any atom is -0.378 e. The van der Waals surface area contributed by atoms with Gasteiger partial charge in [-0.15, -0.1) is 4.94 Å². The molecule has 3 rings (SSSR count). The fraction of sp³-hybridized carbons (Fsp3) is 0.176. The number of nitrogens with zero attached hydrogens (tertiary/aromatic N) is 3. The van der Waals surface area contributed by atoms with Crippen molar-refractivity contribution in [3.63, 3.8) is 0 Å². The zero-order valence-electron chi connectivity index (χ0n) is 12.3. The highest BCUT2D eigenvalue weighted by Gasteiger charge is 2.15. The molecule has 108 valence electrons. The standard InChI is InChI=1S/C17H19N3O/c1-18(2)16-8-10-17(11-9-16)20-13-12-19(21-20)14-15-6-4-3-5-7-15/h3-13H,14H2,1-2H3. The molecule has 2 aromatic carbocycles. The molecule has 1 aliphatic heterocycles. The lowest BCUT2D eigenvalue weighted by Gasteiger charge is -2.20. The molecular weight excluding hydrogens is 262 g/mol. The molecule has 0 aromatic heterocycles. The summed E-state index contributed by atoms with van der Waals surface area (Å²) in [5.41, 5.74) is 3.39. The SMILES string of the molecule is CN(C)c1ccc(N2C=CN(Cc3ccccc3)O2)cc1. The molecule has 0 aliphatic carbocycles. The minimum absolute atomic E-state index is 0.726. The van der Waals surface area contributed by atoms with E-state index in [-0.39, 0.29) is 0 Å². The molecule has 0 radical (unpaired) electrons. The average molecular weight is 281 g/mol. The number of hydrogen-bond acceptors (Lipinski definition) is 4. The van der Waals surface area contributed by atoms with Gasteiger partial charge in [0, 0.05) is 26.0 Å². The summed E-state index contributed by atoms with van der Waals surface area (Å²) in [4.78, 5) is 7.87. The number of rotatable bonds is 4. The molecule has 0 amide bonds. The van der Waals surface area contributed by atoms with Crippen LogP contribution >= 0.6 is 0 Å². The summed E-state index contributed by atoms with van der Waals surface area (Å²) in [6.07, 6.45) is 3.86. The monoisotopic (exact) mass is 281 g/mol. The van der Waals surface area contributed by atoms with Crippen LogP contribution in [0.2, 0.25) is 0 Å². The highest BCUT2D eigenvalue weighted by molar-refractivity contribution is 5.56. The maximum Gasteiger partial charge on any atom is 0.0724 e. The number of hydroxylamine groups is 3. The fourth-order valence-corrected chi connectivity index (χ4v) is 2.18. The van der Waals surface area contributed by atoms with Gasteiger partial charge in [0.15, 0.2) is 0 Å². The molecule has 1 heterocycles. The second-order valence-corrected chi connectivity index (χ2v) is 5.18. The van der Waals surface area contributed by atoms with Crippen LogP contribution in [0.15, 0.2) is 67.0 Å². The first-order chi connectivity index (χ1) is 10.2. The van der Waals surface area contributed by atoms with Crippen LogP contribution in [-0.4, -0.2) is 19.2 Å². The van der Waals surface area contributed by atoms with Crippen molar-refractivity contribution < 1.29 is 4.94 Å². The fourth-order valence-electron chi connectivity index (χ4n) is 2.18. The van der Waals surface area contributed by atoms with E-state index in [1.807, 2.05) is 61.9 Å². The Hall–Kier alpha value is -2.46. The first kappa shape index (κ1) is 13.5. The summed E-state index contributed by atoms with van der Waals surface area (Å²) in [5, 5.41) is 3.58. The van der Waals surface area contributed by atoms with E-state index < -0.39 is 0 Å². The van der Waals surface area contributed by atoms with Crippen LogP contribution in [0, 0.1) is 0 Å². The number of anilines is 2. The molecule has 4 heteroatoms. The number of benzene rings is 2. The van der Waals surface area contributed by atoms with Gasteiger partial charge in [-0.05, 0) is 29.8 Å². The first-order valence-electron chi connectivity index (χ1n) is 6.96. The highest BCUT2D eigenvalue weighted by Crippen LogP contribution is 2.24. The molecule has 21 heavy (non-hydrogen) atoms. The molecule has 0 N–H and O–H groups in total. The molecular formula is C17H19N3O. The van der Waals surface area contributed by atoms with E-state index in [1.165, 1.54) is 11.3 Å². The largest absolute Gasteiger partial charge is 0.378 e. The van der Waals surface area contributed by atoms with Gasteiger partial charge in [0.25, 0.3) is 0 Å². The van der Waals surface area contributed by atoms with Crippen molar-refractivity contribution in [3.05, 3.63) is 72.6 Å². The predicted molar refractivity (Wildman–Crippen MR) is 85.5 cm³/mol. The van der Waals surface area contributed by atoms with Gasteiger partial charge in [0.05, 0.1) is 18.4 Å². The maximum absolute atomic E-state index is 5.79. The summed E-state index contributed by atoms with van der Waals surface area (Å²) in [6, 6.07) is 18.5. The van der Waals surface area contributed by atoms with Crippen LogP contribution < -0.4 is 9.96 Å². The third-order valence-corrected chi connectivity index (χ3v) is 3.36. The second kappa shape index (κ2) is 5.89. The van der Waals surface area contributed by atoms with Crippen molar-refractivity contribution in [2.75, 3.05) is 24.1 Å². The van der Waals surface area contributed by atoms with Crippen LogP contribution in [0.5, 0.6) is 0 Å². The Morgan fingerprint density at radius 3 is 2.29 bits per heavy atom. The Bertz CT molecular complexity index is 608. The van der Waals surface area contributed by atoms with E-state index >= 15 is 0 Å². The number of hydrogen-bond donors (Lipinski definition) is 0. The molecule has 0 saturated carbocycles.